The minimum Gasteiger partial charge on any atom is -0.497 e. The van der Waals surface area contributed by atoms with E-state index in [4.69, 9.17) is 9.47 Å². The number of methoxy groups -OCH3 is 1. The van der Waals surface area contributed by atoms with Gasteiger partial charge in [-0.1, -0.05) is 29.8 Å². The molecule has 1 N–H and O–H groups in total. The molecule has 2 aromatic carbocycles. The summed E-state index contributed by atoms with van der Waals surface area (Å²) in [7, 11) is 1.60. The molecule has 6 nitrogen and oxygen atoms in total. The maximum absolute atomic E-state index is 12.8. The van der Waals surface area contributed by atoms with Crippen molar-refractivity contribution < 1.29 is 19.1 Å². The van der Waals surface area contributed by atoms with Gasteiger partial charge in [-0.25, -0.2) is 4.79 Å². The Bertz CT molecular complexity index is 802. The second-order valence-corrected chi connectivity index (χ2v) is 6.40. The van der Waals surface area contributed by atoms with E-state index in [0.29, 0.717) is 5.75 Å². The van der Waals surface area contributed by atoms with Crippen LogP contribution in [-0.4, -0.2) is 37.1 Å². The van der Waals surface area contributed by atoms with Crippen molar-refractivity contribution >= 4 is 11.9 Å². The van der Waals surface area contributed by atoms with Crippen molar-refractivity contribution in [3.63, 3.8) is 0 Å². The Hall–Kier alpha value is -3.02. The Labute approximate surface area is 152 Å². The summed E-state index contributed by atoms with van der Waals surface area (Å²) in [5.74, 6) is 1.11. The maximum atomic E-state index is 12.8. The lowest BCUT2D eigenvalue weighted by molar-refractivity contribution is -0.131. The van der Waals surface area contributed by atoms with Gasteiger partial charge in [-0.05, 0) is 43.7 Å². The molecule has 1 aliphatic heterocycles. The quantitative estimate of drug-likeness (QED) is 0.810. The zero-order chi connectivity index (χ0) is 18.7. The van der Waals surface area contributed by atoms with E-state index >= 15 is 0 Å². The third-order valence-corrected chi connectivity index (χ3v) is 4.55. The molecule has 2 aromatic rings. The van der Waals surface area contributed by atoms with Gasteiger partial charge in [0, 0.05) is 0 Å². The molecule has 6 heteroatoms. The van der Waals surface area contributed by atoms with Crippen LogP contribution in [0.5, 0.6) is 11.5 Å². The van der Waals surface area contributed by atoms with E-state index in [2.05, 4.69) is 5.32 Å². The molecule has 1 saturated heterocycles. The lowest BCUT2D eigenvalue weighted by Gasteiger charge is -2.22. The van der Waals surface area contributed by atoms with Gasteiger partial charge in [0.15, 0.2) is 0 Å². The summed E-state index contributed by atoms with van der Waals surface area (Å²) >= 11 is 0. The molecule has 1 aliphatic rings. The molecule has 0 unspecified atom stereocenters. The molecule has 0 aromatic heterocycles. The summed E-state index contributed by atoms with van der Waals surface area (Å²) < 4.78 is 10.7. The molecule has 0 spiro atoms. The number of nitrogens with zero attached hydrogens (tertiary/aromatic N) is 1. The number of imide groups is 1. The van der Waals surface area contributed by atoms with Crippen LogP contribution < -0.4 is 14.8 Å². The van der Waals surface area contributed by atoms with E-state index in [9.17, 15) is 9.59 Å². The Morgan fingerprint density at radius 1 is 1.00 bits per heavy atom. The van der Waals surface area contributed by atoms with Gasteiger partial charge in [-0.2, -0.15) is 0 Å². The van der Waals surface area contributed by atoms with Gasteiger partial charge in [0.05, 0.1) is 13.7 Å². The second-order valence-electron chi connectivity index (χ2n) is 6.40. The van der Waals surface area contributed by atoms with Gasteiger partial charge in [0.25, 0.3) is 5.91 Å². The summed E-state index contributed by atoms with van der Waals surface area (Å²) in [6.45, 7) is 4.10. The summed E-state index contributed by atoms with van der Waals surface area (Å²) in [6, 6.07) is 14.3. The van der Waals surface area contributed by atoms with E-state index in [1.165, 1.54) is 4.90 Å². The van der Waals surface area contributed by atoms with Crippen molar-refractivity contribution in [2.75, 3.05) is 20.3 Å². The molecule has 1 atom stereocenters. The van der Waals surface area contributed by atoms with Crippen molar-refractivity contribution in [2.24, 2.45) is 0 Å². The molecule has 1 fully saturated rings. The van der Waals surface area contributed by atoms with Gasteiger partial charge in [0.2, 0.25) is 0 Å². The monoisotopic (exact) mass is 354 g/mol. The number of amides is 3. The molecular weight excluding hydrogens is 332 g/mol. The van der Waals surface area contributed by atoms with Gasteiger partial charge >= 0.3 is 6.03 Å². The normalized spacial score (nSPS) is 19.4. The Morgan fingerprint density at radius 2 is 1.62 bits per heavy atom. The Morgan fingerprint density at radius 3 is 2.23 bits per heavy atom. The largest absolute Gasteiger partial charge is 0.497 e. The number of hydrogen-bond donors (Lipinski definition) is 1. The number of nitrogens with one attached hydrogen (secondary N) is 1. The summed E-state index contributed by atoms with van der Waals surface area (Å²) in [5, 5.41) is 2.79. The van der Waals surface area contributed by atoms with Crippen LogP contribution in [-0.2, 0) is 10.3 Å². The first-order chi connectivity index (χ1) is 12.4. The molecule has 1 heterocycles. The standard InChI is InChI=1S/C20H22N2O4/c1-14-4-6-15(7-5-14)20(2)18(23)22(19(24)21-20)12-13-26-17-10-8-16(25-3)9-11-17/h4-11H,12-13H2,1-3H3,(H,21,24)/t20-/m1/s1. The van der Waals surface area contributed by atoms with E-state index < -0.39 is 11.6 Å². The van der Waals surface area contributed by atoms with Crippen LogP contribution in [0.25, 0.3) is 0 Å². The molecule has 3 amide bonds. The fourth-order valence-electron chi connectivity index (χ4n) is 2.91. The number of urea groups is 1. The van der Waals surface area contributed by atoms with Crippen LogP contribution in [0.1, 0.15) is 18.1 Å². The highest BCUT2D eigenvalue weighted by Gasteiger charge is 2.48. The van der Waals surface area contributed by atoms with E-state index in [1.54, 1.807) is 38.3 Å². The predicted molar refractivity (Wildman–Crippen MR) is 97.3 cm³/mol. The molecular formula is C20H22N2O4. The third kappa shape index (κ3) is 3.35. The van der Waals surface area contributed by atoms with Crippen molar-refractivity contribution in [3.8, 4) is 11.5 Å². The fraction of sp³-hybridized carbons (Fsp3) is 0.300. The van der Waals surface area contributed by atoms with E-state index in [-0.39, 0.29) is 19.1 Å². The number of rotatable bonds is 6. The second kappa shape index (κ2) is 7.07. The van der Waals surface area contributed by atoms with Crippen LogP contribution in [0, 0.1) is 6.92 Å². The lowest BCUT2D eigenvalue weighted by Crippen LogP contribution is -2.41. The molecule has 0 bridgehead atoms. The number of hydrogen-bond acceptors (Lipinski definition) is 4. The highest BCUT2D eigenvalue weighted by molar-refractivity contribution is 6.07. The highest BCUT2D eigenvalue weighted by Crippen LogP contribution is 2.29. The first-order valence-electron chi connectivity index (χ1n) is 8.42. The van der Waals surface area contributed by atoms with Crippen LogP contribution in [0.2, 0.25) is 0 Å². The molecule has 0 radical (unpaired) electrons. The summed E-state index contributed by atoms with van der Waals surface area (Å²) in [6.07, 6.45) is 0. The van der Waals surface area contributed by atoms with Crippen molar-refractivity contribution in [2.45, 2.75) is 19.4 Å². The number of benzene rings is 2. The summed E-state index contributed by atoms with van der Waals surface area (Å²) in [4.78, 5) is 26.3. The average Bonchev–Trinajstić information content (AvgIpc) is 2.86. The first-order valence-corrected chi connectivity index (χ1v) is 8.42. The molecule has 26 heavy (non-hydrogen) atoms. The molecule has 3 rings (SSSR count). The topological polar surface area (TPSA) is 67.9 Å². The average molecular weight is 354 g/mol. The fourth-order valence-corrected chi connectivity index (χ4v) is 2.91. The van der Waals surface area contributed by atoms with Gasteiger partial charge in [-0.3, -0.25) is 9.69 Å². The minimum absolute atomic E-state index is 0.179. The Kier molecular flexibility index (Phi) is 4.84. The van der Waals surface area contributed by atoms with Crippen molar-refractivity contribution in [1.82, 2.24) is 10.2 Å². The minimum atomic E-state index is -1.05. The number of carbonyl (C=O) groups is 2. The van der Waals surface area contributed by atoms with Crippen LogP contribution >= 0.6 is 0 Å². The van der Waals surface area contributed by atoms with E-state index in [1.807, 2.05) is 31.2 Å². The van der Waals surface area contributed by atoms with Crippen LogP contribution in [0.15, 0.2) is 48.5 Å². The maximum Gasteiger partial charge on any atom is 0.325 e. The summed E-state index contributed by atoms with van der Waals surface area (Å²) in [5.41, 5.74) is 0.809. The smallest absolute Gasteiger partial charge is 0.325 e. The van der Waals surface area contributed by atoms with Crippen LogP contribution in [0.3, 0.4) is 0 Å². The molecule has 0 aliphatic carbocycles. The van der Waals surface area contributed by atoms with Crippen LogP contribution in [0.4, 0.5) is 4.79 Å². The lowest BCUT2D eigenvalue weighted by atomic mass is 9.91. The zero-order valence-electron chi connectivity index (χ0n) is 15.1. The first kappa shape index (κ1) is 17.8. The third-order valence-electron chi connectivity index (χ3n) is 4.55. The van der Waals surface area contributed by atoms with Gasteiger partial charge < -0.3 is 14.8 Å². The number of carbonyl (C=O) groups excluding carboxylic acids is 2. The van der Waals surface area contributed by atoms with Gasteiger partial charge in [0.1, 0.15) is 23.6 Å². The highest BCUT2D eigenvalue weighted by atomic mass is 16.5. The SMILES string of the molecule is COc1ccc(OCCN2C(=O)N[C@](C)(c3ccc(C)cc3)C2=O)cc1. The van der Waals surface area contributed by atoms with Gasteiger partial charge in [-0.15, -0.1) is 0 Å². The van der Waals surface area contributed by atoms with Crippen molar-refractivity contribution in [1.29, 1.82) is 0 Å². The molecule has 136 valence electrons. The van der Waals surface area contributed by atoms with Crippen molar-refractivity contribution in [3.05, 3.63) is 59.7 Å². The number of ether oxygens (including phenoxy) is 2. The number of aryl methyl sites for hydroxylation is 1. The predicted octanol–water partition coefficient (Wildman–Crippen LogP) is 2.85. The van der Waals surface area contributed by atoms with E-state index in [0.717, 1.165) is 16.9 Å². The Balaban J connectivity index is 1.64. The molecule has 0 saturated carbocycles. The zero-order valence-corrected chi connectivity index (χ0v) is 15.1.